The number of tetrazole rings is 1. The number of aromatic nitrogens is 4. The second-order valence-electron chi connectivity index (χ2n) is 5.39. The van der Waals surface area contributed by atoms with E-state index in [1.807, 2.05) is 0 Å². The second kappa shape index (κ2) is 5.27. The van der Waals surface area contributed by atoms with E-state index in [1.54, 1.807) is 32.0 Å². The van der Waals surface area contributed by atoms with Gasteiger partial charge in [-0.05, 0) is 36.4 Å². The first-order valence-corrected chi connectivity index (χ1v) is 8.40. The lowest BCUT2D eigenvalue weighted by Crippen LogP contribution is -2.36. The highest BCUT2D eigenvalue weighted by atomic mass is 35.5. The van der Waals surface area contributed by atoms with Gasteiger partial charge in [0.05, 0.1) is 22.0 Å². The van der Waals surface area contributed by atoms with E-state index in [-0.39, 0.29) is 6.54 Å². The third-order valence-corrected chi connectivity index (χ3v) is 5.83. The number of hydrogen-bond acceptors (Lipinski definition) is 6. The van der Waals surface area contributed by atoms with Crippen molar-refractivity contribution in [2.24, 2.45) is 0 Å². The molecule has 0 bridgehead atoms. The lowest BCUT2D eigenvalue weighted by atomic mass is 10.1. The van der Waals surface area contributed by atoms with Crippen molar-refractivity contribution < 1.29 is 8.42 Å². The van der Waals surface area contributed by atoms with Crippen LogP contribution in [-0.4, -0.2) is 39.6 Å². The summed E-state index contributed by atoms with van der Waals surface area (Å²) in [4.78, 5) is 0. The highest BCUT2D eigenvalue weighted by molar-refractivity contribution is 7.92. The molecule has 1 aromatic carbocycles. The minimum atomic E-state index is -3.27. The van der Waals surface area contributed by atoms with Crippen LogP contribution in [-0.2, 0) is 16.4 Å². The summed E-state index contributed by atoms with van der Waals surface area (Å²) >= 11 is 5.99. The number of rotatable bonds is 4. The van der Waals surface area contributed by atoms with E-state index >= 15 is 0 Å². The van der Waals surface area contributed by atoms with Crippen molar-refractivity contribution in [2.75, 3.05) is 12.0 Å². The van der Waals surface area contributed by atoms with Crippen LogP contribution in [0.2, 0.25) is 5.02 Å². The molecule has 2 N–H and O–H groups in total. The summed E-state index contributed by atoms with van der Waals surface area (Å²) in [5.74, 6) is 0.381. The van der Waals surface area contributed by atoms with Gasteiger partial charge in [0.15, 0.2) is 15.7 Å². The van der Waals surface area contributed by atoms with Crippen LogP contribution in [0.4, 0.5) is 5.69 Å². The van der Waals surface area contributed by atoms with Gasteiger partial charge in [-0.1, -0.05) is 17.7 Å². The minimum absolute atomic E-state index is 0.111. The first kappa shape index (κ1) is 15.7. The second-order valence-corrected chi connectivity index (χ2v) is 8.45. The normalized spacial score (nSPS) is 12.6. The molecule has 0 aliphatic rings. The molecular formula is C12H16ClN5O2S. The van der Waals surface area contributed by atoms with Crippen LogP contribution in [0.3, 0.4) is 0 Å². The van der Waals surface area contributed by atoms with Crippen molar-refractivity contribution in [3.05, 3.63) is 23.2 Å². The molecule has 0 spiro atoms. The van der Waals surface area contributed by atoms with Crippen molar-refractivity contribution in [3.8, 4) is 11.4 Å². The lowest BCUT2D eigenvalue weighted by Gasteiger charge is -2.22. The van der Waals surface area contributed by atoms with Gasteiger partial charge < -0.3 is 5.73 Å². The molecule has 7 nitrogen and oxygen atoms in total. The predicted octanol–water partition coefficient (Wildman–Crippen LogP) is 1.40. The Labute approximate surface area is 128 Å². The number of nitrogen functional groups attached to an aromatic ring is 1. The molecule has 9 heteroatoms. The maximum atomic E-state index is 11.8. The van der Waals surface area contributed by atoms with Crippen LogP contribution in [0.1, 0.15) is 13.8 Å². The number of nitrogens with zero attached hydrogens (tertiary/aromatic N) is 4. The maximum Gasteiger partial charge on any atom is 0.184 e. The fourth-order valence-corrected chi connectivity index (χ4v) is 2.25. The molecule has 2 rings (SSSR count). The average molecular weight is 330 g/mol. The first-order chi connectivity index (χ1) is 9.63. The van der Waals surface area contributed by atoms with Gasteiger partial charge in [-0.15, -0.1) is 5.10 Å². The Morgan fingerprint density at radius 2 is 2.05 bits per heavy atom. The van der Waals surface area contributed by atoms with E-state index < -0.39 is 14.6 Å². The van der Waals surface area contributed by atoms with E-state index in [4.69, 9.17) is 17.3 Å². The number of anilines is 1. The van der Waals surface area contributed by atoms with Crippen LogP contribution < -0.4 is 5.73 Å². The number of nitrogens with two attached hydrogens (primary N) is 1. The van der Waals surface area contributed by atoms with E-state index in [1.165, 1.54) is 10.9 Å². The van der Waals surface area contributed by atoms with Gasteiger partial charge >= 0.3 is 0 Å². The summed E-state index contributed by atoms with van der Waals surface area (Å²) in [6.45, 7) is 3.35. The third kappa shape index (κ3) is 3.01. The van der Waals surface area contributed by atoms with Crippen molar-refractivity contribution in [1.82, 2.24) is 20.2 Å². The quantitative estimate of drug-likeness (QED) is 0.850. The van der Waals surface area contributed by atoms with Crippen molar-refractivity contribution in [2.45, 2.75) is 25.1 Å². The zero-order valence-electron chi connectivity index (χ0n) is 11.9. The molecule has 0 atom stereocenters. The van der Waals surface area contributed by atoms with E-state index in [0.717, 1.165) is 0 Å². The summed E-state index contributed by atoms with van der Waals surface area (Å²) in [7, 11) is -3.27. The number of halogens is 1. The molecule has 0 fully saturated rings. The van der Waals surface area contributed by atoms with Crippen molar-refractivity contribution in [1.29, 1.82) is 0 Å². The fraction of sp³-hybridized carbons (Fsp3) is 0.417. The largest absolute Gasteiger partial charge is 0.397 e. The molecule has 0 aliphatic heterocycles. The molecule has 0 saturated carbocycles. The Hall–Kier alpha value is -1.67. The SMILES string of the molecule is CC(C)(Cn1nnnc1-c1cccc(Cl)c1N)S(C)(=O)=O. The number of sulfone groups is 1. The lowest BCUT2D eigenvalue weighted by molar-refractivity contribution is 0.472. The Kier molecular flexibility index (Phi) is 3.94. The van der Waals surface area contributed by atoms with Crippen LogP contribution >= 0.6 is 11.6 Å². The highest BCUT2D eigenvalue weighted by Crippen LogP contribution is 2.30. The zero-order valence-corrected chi connectivity index (χ0v) is 13.5. The number of benzene rings is 1. The van der Waals surface area contributed by atoms with Crippen LogP contribution in [0.5, 0.6) is 0 Å². The van der Waals surface area contributed by atoms with Gasteiger partial charge in [-0.3, -0.25) is 0 Å². The highest BCUT2D eigenvalue weighted by Gasteiger charge is 2.32. The van der Waals surface area contributed by atoms with Gasteiger partial charge in [0.2, 0.25) is 0 Å². The smallest absolute Gasteiger partial charge is 0.184 e. The van der Waals surface area contributed by atoms with Gasteiger partial charge in [-0.2, -0.15) is 0 Å². The topological polar surface area (TPSA) is 104 Å². The standard InChI is InChI=1S/C12H16ClN5O2S/c1-12(2,21(3,19)20)7-18-11(15-16-17-18)8-5-4-6-9(13)10(8)14/h4-6H,7,14H2,1-3H3. The van der Waals surface area contributed by atoms with Crippen LogP contribution in [0.15, 0.2) is 18.2 Å². The van der Waals surface area contributed by atoms with Gasteiger partial charge in [-0.25, -0.2) is 13.1 Å². The van der Waals surface area contributed by atoms with Gasteiger partial charge in [0, 0.05) is 11.8 Å². The molecule has 1 heterocycles. The van der Waals surface area contributed by atoms with Crippen molar-refractivity contribution >= 4 is 27.1 Å². The first-order valence-electron chi connectivity index (χ1n) is 6.13. The molecule has 21 heavy (non-hydrogen) atoms. The molecule has 114 valence electrons. The molecule has 1 aromatic heterocycles. The molecular weight excluding hydrogens is 314 g/mol. The summed E-state index contributed by atoms with van der Waals surface area (Å²) in [6.07, 6.45) is 1.19. The molecule has 0 saturated heterocycles. The van der Waals surface area contributed by atoms with E-state index in [2.05, 4.69) is 15.5 Å². The van der Waals surface area contributed by atoms with Crippen molar-refractivity contribution in [3.63, 3.8) is 0 Å². The van der Waals surface area contributed by atoms with E-state index in [0.29, 0.717) is 22.1 Å². The molecule has 0 amide bonds. The summed E-state index contributed by atoms with van der Waals surface area (Å²) in [5, 5.41) is 11.8. The number of para-hydroxylation sites is 1. The van der Waals surface area contributed by atoms with E-state index in [9.17, 15) is 8.42 Å². The molecule has 0 aliphatic carbocycles. The molecule has 0 radical (unpaired) electrons. The van der Waals surface area contributed by atoms with Crippen LogP contribution in [0, 0.1) is 0 Å². The zero-order chi connectivity index (χ0) is 15.8. The predicted molar refractivity (Wildman–Crippen MR) is 81.6 cm³/mol. The minimum Gasteiger partial charge on any atom is -0.397 e. The Morgan fingerprint density at radius 3 is 2.67 bits per heavy atom. The monoisotopic (exact) mass is 329 g/mol. The summed E-state index contributed by atoms with van der Waals surface area (Å²) in [5.41, 5.74) is 6.85. The summed E-state index contributed by atoms with van der Waals surface area (Å²) < 4.78 is 24.1. The molecule has 0 unspecified atom stereocenters. The Balaban J connectivity index is 2.47. The van der Waals surface area contributed by atoms with Gasteiger partial charge in [0.25, 0.3) is 0 Å². The number of hydrogen-bond donors (Lipinski definition) is 1. The Bertz CT molecular complexity index is 770. The molecule has 2 aromatic rings. The third-order valence-electron chi connectivity index (χ3n) is 3.36. The summed E-state index contributed by atoms with van der Waals surface area (Å²) in [6, 6.07) is 5.13. The maximum absolute atomic E-state index is 11.8. The van der Waals surface area contributed by atoms with Crippen LogP contribution in [0.25, 0.3) is 11.4 Å². The Morgan fingerprint density at radius 1 is 1.38 bits per heavy atom. The average Bonchev–Trinajstić information content (AvgIpc) is 2.78. The fourth-order valence-electron chi connectivity index (χ4n) is 1.71. The van der Waals surface area contributed by atoms with Gasteiger partial charge in [0.1, 0.15) is 0 Å².